The Hall–Kier alpha value is -1.15. The zero-order chi connectivity index (χ0) is 11.0. The monoisotopic (exact) mass is 230 g/mol. The van der Waals surface area contributed by atoms with Gasteiger partial charge < -0.3 is 4.74 Å². The molecule has 16 heavy (non-hydrogen) atoms. The van der Waals surface area contributed by atoms with Crippen molar-refractivity contribution in [2.45, 2.75) is 31.1 Å². The summed E-state index contributed by atoms with van der Waals surface area (Å²) in [5.41, 5.74) is 2.70. The molecule has 1 aromatic carbocycles. The second-order valence-corrected chi connectivity index (χ2v) is 4.98. The lowest BCUT2D eigenvalue weighted by Crippen LogP contribution is -2.04. The molecule has 0 atom stereocenters. The number of ether oxygens (including phenoxy) is 1. The Kier molecular flexibility index (Phi) is 2.52. The lowest BCUT2D eigenvalue weighted by atomic mass is 9.96. The van der Waals surface area contributed by atoms with Crippen LogP contribution in [0.5, 0.6) is 5.75 Å². The molecule has 1 nitrogen and oxygen atoms in total. The summed E-state index contributed by atoms with van der Waals surface area (Å²) in [4.78, 5) is 1.24. The largest absolute Gasteiger partial charge is 0.459 e. The second-order valence-electron chi connectivity index (χ2n) is 4.06. The number of hydrogen-bond acceptors (Lipinski definition) is 2. The quantitative estimate of drug-likeness (QED) is 0.708. The Labute approximate surface area is 100 Å². The predicted octanol–water partition coefficient (Wildman–Crippen LogP) is 4.38. The van der Waals surface area contributed by atoms with E-state index in [1.807, 2.05) is 0 Å². The van der Waals surface area contributed by atoms with E-state index in [0.29, 0.717) is 0 Å². The van der Waals surface area contributed by atoms with Gasteiger partial charge in [0, 0.05) is 17.4 Å². The van der Waals surface area contributed by atoms with Crippen LogP contribution in [0.25, 0.3) is 6.08 Å². The molecule has 0 saturated heterocycles. The molecule has 2 heteroatoms. The SMILES string of the molecule is CCC1=CSc2ccc3c(c2O1)C=CCC3. The van der Waals surface area contributed by atoms with Crippen molar-refractivity contribution in [3.05, 3.63) is 40.5 Å². The standard InChI is InChI=1S/C14H14OS/c1-2-11-9-16-13-8-7-10-5-3-4-6-12(10)14(13)15-11/h4,6-9H,2-3,5H2,1H3. The van der Waals surface area contributed by atoms with Crippen molar-refractivity contribution >= 4 is 17.8 Å². The van der Waals surface area contributed by atoms with Crippen molar-refractivity contribution in [3.63, 3.8) is 0 Å². The number of aryl methyl sites for hydroxylation is 1. The Morgan fingerprint density at radius 3 is 3.19 bits per heavy atom. The molecule has 0 fully saturated rings. The van der Waals surface area contributed by atoms with E-state index in [0.717, 1.165) is 30.8 Å². The fourth-order valence-corrected chi connectivity index (χ4v) is 2.98. The van der Waals surface area contributed by atoms with Gasteiger partial charge in [0.05, 0.1) is 4.90 Å². The van der Waals surface area contributed by atoms with Crippen molar-refractivity contribution in [1.82, 2.24) is 0 Å². The average Bonchev–Trinajstić information content (AvgIpc) is 2.38. The maximum atomic E-state index is 5.97. The van der Waals surface area contributed by atoms with E-state index in [1.54, 1.807) is 11.8 Å². The Bertz CT molecular complexity index is 486. The molecule has 0 spiro atoms. The van der Waals surface area contributed by atoms with Crippen LogP contribution in [-0.4, -0.2) is 0 Å². The molecule has 1 aromatic rings. The second kappa shape index (κ2) is 4.02. The summed E-state index contributed by atoms with van der Waals surface area (Å²) in [5, 5.41) is 2.11. The number of hydrogen-bond donors (Lipinski definition) is 0. The van der Waals surface area contributed by atoms with Gasteiger partial charge >= 0.3 is 0 Å². The third kappa shape index (κ3) is 1.57. The highest BCUT2D eigenvalue weighted by molar-refractivity contribution is 8.02. The molecule has 0 aromatic heterocycles. The van der Waals surface area contributed by atoms with Gasteiger partial charge in [0.1, 0.15) is 11.5 Å². The van der Waals surface area contributed by atoms with E-state index in [1.165, 1.54) is 16.0 Å². The van der Waals surface area contributed by atoms with Crippen LogP contribution in [0.15, 0.2) is 34.3 Å². The van der Waals surface area contributed by atoms with Gasteiger partial charge in [0.2, 0.25) is 0 Å². The van der Waals surface area contributed by atoms with Gasteiger partial charge in [0.15, 0.2) is 0 Å². The van der Waals surface area contributed by atoms with Gasteiger partial charge in [-0.3, -0.25) is 0 Å². The molecule has 0 unspecified atom stereocenters. The van der Waals surface area contributed by atoms with E-state index < -0.39 is 0 Å². The minimum Gasteiger partial charge on any atom is -0.459 e. The highest BCUT2D eigenvalue weighted by Crippen LogP contribution is 2.42. The van der Waals surface area contributed by atoms with Crippen molar-refractivity contribution < 1.29 is 4.74 Å². The molecule has 1 aliphatic heterocycles. The number of allylic oxidation sites excluding steroid dienone is 2. The summed E-state index contributed by atoms with van der Waals surface area (Å²) < 4.78 is 5.97. The molecule has 0 N–H and O–H groups in total. The lowest BCUT2D eigenvalue weighted by Gasteiger charge is -2.22. The maximum absolute atomic E-state index is 5.97. The first-order chi connectivity index (χ1) is 7.88. The molecule has 0 bridgehead atoms. The summed E-state index contributed by atoms with van der Waals surface area (Å²) in [6.45, 7) is 2.13. The molecular formula is C14H14OS. The highest BCUT2D eigenvalue weighted by atomic mass is 32.2. The minimum atomic E-state index is 0.958. The molecule has 2 aliphatic rings. The van der Waals surface area contributed by atoms with E-state index in [2.05, 4.69) is 36.6 Å². The summed E-state index contributed by atoms with van der Waals surface area (Å²) in [7, 11) is 0. The molecular weight excluding hydrogens is 216 g/mol. The highest BCUT2D eigenvalue weighted by Gasteiger charge is 2.18. The van der Waals surface area contributed by atoms with Gasteiger partial charge in [-0.05, 0) is 24.5 Å². The van der Waals surface area contributed by atoms with Crippen molar-refractivity contribution in [3.8, 4) is 5.75 Å². The Morgan fingerprint density at radius 2 is 2.31 bits per heavy atom. The average molecular weight is 230 g/mol. The van der Waals surface area contributed by atoms with Crippen LogP contribution in [0.4, 0.5) is 0 Å². The van der Waals surface area contributed by atoms with Gasteiger partial charge in [0.25, 0.3) is 0 Å². The molecule has 0 saturated carbocycles. The topological polar surface area (TPSA) is 9.23 Å². The number of benzene rings is 1. The first-order valence-corrected chi connectivity index (χ1v) is 6.62. The zero-order valence-corrected chi connectivity index (χ0v) is 10.1. The first-order valence-electron chi connectivity index (χ1n) is 5.74. The Balaban J connectivity index is 2.09. The number of fused-ring (bicyclic) bond motifs is 3. The lowest BCUT2D eigenvalue weighted by molar-refractivity contribution is 0.397. The summed E-state index contributed by atoms with van der Waals surface area (Å²) in [6, 6.07) is 4.42. The molecule has 0 radical (unpaired) electrons. The minimum absolute atomic E-state index is 0.958. The van der Waals surface area contributed by atoms with Crippen LogP contribution < -0.4 is 4.74 Å². The number of rotatable bonds is 1. The van der Waals surface area contributed by atoms with Crippen molar-refractivity contribution in [1.29, 1.82) is 0 Å². The van der Waals surface area contributed by atoms with Crippen LogP contribution >= 0.6 is 11.8 Å². The summed E-state index contributed by atoms with van der Waals surface area (Å²) in [6.07, 6.45) is 7.69. The molecule has 0 amide bonds. The van der Waals surface area contributed by atoms with Crippen molar-refractivity contribution in [2.24, 2.45) is 0 Å². The number of thioether (sulfide) groups is 1. The van der Waals surface area contributed by atoms with E-state index >= 15 is 0 Å². The first kappa shape index (κ1) is 10.0. The summed E-state index contributed by atoms with van der Waals surface area (Å²) in [5.74, 6) is 2.14. The van der Waals surface area contributed by atoms with Gasteiger partial charge in [-0.2, -0.15) is 0 Å². The fourth-order valence-electron chi connectivity index (χ4n) is 2.10. The van der Waals surface area contributed by atoms with E-state index in [4.69, 9.17) is 4.74 Å². The van der Waals surface area contributed by atoms with E-state index in [-0.39, 0.29) is 0 Å². The third-order valence-electron chi connectivity index (χ3n) is 3.01. The smallest absolute Gasteiger partial charge is 0.148 e. The summed E-state index contributed by atoms with van der Waals surface area (Å²) >= 11 is 1.77. The van der Waals surface area contributed by atoms with Crippen LogP contribution in [0.2, 0.25) is 0 Å². The van der Waals surface area contributed by atoms with Crippen LogP contribution in [0.1, 0.15) is 30.9 Å². The zero-order valence-electron chi connectivity index (χ0n) is 9.32. The van der Waals surface area contributed by atoms with Gasteiger partial charge in [-0.1, -0.05) is 36.9 Å². The molecule has 1 aliphatic carbocycles. The van der Waals surface area contributed by atoms with Crippen LogP contribution in [0, 0.1) is 0 Å². The van der Waals surface area contributed by atoms with Crippen molar-refractivity contribution in [2.75, 3.05) is 0 Å². The normalized spacial score (nSPS) is 17.2. The van der Waals surface area contributed by atoms with Gasteiger partial charge in [-0.15, -0.1) is 0 Å². The van der Waals surface area contributed by atoms with Crippen LogP contribution in [0.3, 0.4) is 0 Å². The molecule has 3 rings (SSSR count). The Morgan fingerprint density at radius 1 is 1.38 bits per heavy atom. The predicted molar refractivity (Wildman–Crippen MR) is 68.7 cm³/mol. The fraction of sp³-hybridized carbons (Fsp3) is 0.286. The molecule has 1 heterocycles. The van der Waals surface area contributed by atoms with Crippen LogP contribution in [-0.2, 0) is 6.42 Å². The van der Waals surface area contributed by atoms with E-state index in [9.17, 15) is 0 Å². The molecule has 82 valence electrons. The maximum Gasteiger partial charge on any atom is 0.148 e. The third-order valence-corrected chi connectivity index (χ3v) is 3.97. The van der Waals surface area contributed by atoms with Gasteiger partial charge in [-0.25, -0.2) is 0 Å².